The summed E-state index contributed by atoms with van der Waals surface area (Å²) in [5.74, 6) is -0.800. The molecule has 0 aliphatic heterocycles. The van der Waals surface area contributed by atoms with Crippen molar-refractivity contribution in [3.63, 3.8) is 0 Å². The Balaban J connectivity index is 1.72. The lowest BCUT2D eigenvalue weighted by Crippen LogP contribution is -2.18. The summed E-state index contributed by atoms with van der Waals surface area (Å²) in [7, 11) is 0. The van der Waals surface area contributed by atoms with Crippen LogP contribution in [0.25, 0.3) is 0 Å². The van der Waals surface area contributed by atoms with Crippen molar-refractivity contribution >= 4 is 5.97 Å². The molecule has 0 unspecified atom stereocenters. The molecule has 0 radical (unpaired) electrons. The van der Waals surface area contributed by atoms with E-state index in [2.05, 4.69) is 10.3 Å². The highest BCUT2D eigenvalue weighted by molar-refractivity contribution is 5.70. The van der Waals surface area contributed by atoms with Gasteiger partial charge in [-0.1, -0.05) is 24.3 Å². The van der Waals surface area contributed by atoms with Gasteiger partial charge in [-0.15, -0.1) is 0 Å². The zero-order valence-electron chi connectivity index (χ0n) is 10.6. The lowest BCUT2D eigenvalue weighted by molar-refractivity contribution is -0.136. The van der Waals surface area contributed by atoms with Crippen LogP contribution < -0.4 is 5.32 Å². The molecule has 5 nitrogen and oxygen atoms in total. The molecule has 0 aliphatic rings. The number of aromatic nitrogens is 2. The molecule has 0 saturated carbocycles. The maximum absolute atomic E-state index is 10.6. The van der Waals surface area contributed by atoms with Crippen molar-refractivity contribution in [2.24, 2.45) is 0 Å². The maximum Gasteiger partial charge on any atom is 0.307 e. The van der Waals surface area contributed by atoms with E-state index in [9.17, 15) is 4.79 Å². The Morgan fingerprint density at radius 3 is 2.63 bits per heavy atom. The molecule has 0 atom stereocenters. The van der Waals surface area contributed by atoms with E-state index in [1.807, 2.05) is 35.0 Å². The minimum absolute atomic E-state index is 0.0777. The summed E-state index contributed by atoms with van der Waals surface area (Å²) in [6, 6.07) is 7.65. The fourth-order valence-electron chi connectivity index (χ4n) is 1.81. The van der Waals surface area contributed by atoms with Gasteiger partial charge in [0, 0.05) is 32.0 Å². The van der Waals surface area contributed by atoms with Gasteiger partial charge in [0.15, 0.2) is 0 Å². The number of rotatable bonds is 7. The number of carboxylic acid groups (broad SMARTS) is 1. The molecule has 1 aromatic heterocycles. The van der Waals surface area contributed by atoms with Crippen LogP contribution in [0.3, 0.4) is 0 Å². The Morgan fingerprint density at radius 1 is 1.26 bits per heavy atom. The summed E-state index contributed by atoms with van der Waals surface area (Å²) >= 11 is 0. The van der Waals surface area contributed by atoms with E-state index in [-0.39, 0.29) is 6.42 Å². The largest absolute Gasteiger partial charge is 0.481 e. The first-order valence-corrected chi connectivity index (χ1v) is 6.20. The minimum Gasteiger partial charge on any atom is -0.481 e. The van der Waals surface area contributed by atoms with Gasteiger partial charge in [0.1, 0.15) is 0 Å². The molecule has 100 valence electrons. The van der Waals surface area contributed by atoms with Gasteiger partial charge >= 0.3 is 5.97 Å². The number of imidazole rings is 1. The van der Waals surface area contributed by atoms with Crippen LogP contribution in [0.2, 0.25) is 0 Å². The van der Waals surface area contributed by atoms with Gasteiger partial charge in [0.2, 0.25) is 0 Å². The predicted molar refractivity (Wildman–Crippen MR) is 71.7 cm³/mol. The van der Waals surface area contributed by atoms with Gasteiger partial charge in [-0.25, -0.2) is 4.98 Å². The average molecular weight is 259 g/mol. The lowest BCUT2D eigenvalue weighted by Gasteiger charge is -2.06. The quantitative estimate of drug-likeness (QED) is 0.735. The molecular weight excluding hydrogens is 242 g/mol. The molecule has 1 aromatic carbocycles. The van der Waals surface area contributed by atoms with Gasteiger partial charge in [-0.3, -0.25) is 4.79 Å². The van der Waals surface area contributed by atoms with Crippen molar-refractivity contribution in [3.05, 3.63) is 54.1 Å². The van der Waals surface area contributed by atoms with E-state index in [0.29, 0.717) is 0 Å². The van der Waals surface area contributed by atoms with E-state index in [1.165, 1.54) is 0 Å². The zero-order chi connectivity index (χ0) is 13.5. The molecule has 5 heteroatoms. The highest BCUT2D eigenvalue weighted by Gasteiger charge is 2.00. The lowest BCUT2D eigenvalue weighted by atomic mass is 10.1. The molecule has 0 aliphatic carbocycles. The molecule has 0 spiro atoms. The number of carbonyl (C=O) groups is 1. The smallest absolute Gasteiger partial charge is 0.307 e. The van der Waals surface area contributed by atoms with Crippen molar-refractivity contribution in [2.45, 2.75) is 19.5 Å². The minimum atomic E-state index is -0.800. The predicted octanol–water partition coefficient (Wildman–Crippen LogP) is 1.30. The van der Waals surface area contributed by atoms with Crippen LogP contribution in [0, 0.1) is 0 Å². The zero-order valence-corrected chi connectivity index (χ0v) is 10.6. The fraction of sp³-hybridized carbons (Fsp3) is 0.286. The normalized spacial score (nSPS) is 10.5. The molecular formula is C14H17N3O2. The molecule has 2 N–H and O–H groups in total. The van der Waals surface area contributed by atoms with Gasteiger partial charge in [-0.2, -0.15) is 0 Å². The molecule has 1 heterocycles. The SMILES string of the molecule is O=C(O)Cc1ccc(CNCCn2ccnc2)cc1. The van der Waals surface area contributed by atoms with Crippen LogP contribution in [-0.4, -0.2) is 27.2 Å². The second kappa shape index (κ2) is 6.70. The van der Waals surface area contributed by atoms with Crippen LogP contribution in [0.1, 0.15) is 11.1 Å². The molecule has 2 aromatic rings. The first-order chi connectivity index (χ1) is 9.24. The van der Waals surface area contributed by atoms with Crippen LogP contribution in [0.4, 0.5) is 0 Å². The van der Waals surface area contributed by atoms with E-state index < -0.39 is 5.97 Å². The van der Waals surface area contributed by atoms with Crippen molar-refractivity contribution in [2.75, 3.05) is 6.54 Å². The van der Waals surface area contributed by atoms with Gasteiger partial charge in [0.05, 0.1) is 12.7 Å². The highest BCUT2D eigenvalue weighted by atomic mass is 16.4. The van der Waals surface area contributed by atoms with E-state index in [1.54, 1.807) is 12.5 Å². The summed E-state index contributed by atoms with van der Waals surface area (Å²) in [4.78, 5) is 14.5. The number of hydrogen-bond donors (Lipinski definition) is 2. The van der Waals surface area contributed by atoms with Gasteiger partial charge < -0.3 is 15.0 Å². The first kappa shape index (κ1) is 13.3. The number of carboxylic acids is 1. The van der Waals surface area contributed by atoms with E-state index in [0.717, 1.165) is 30.8 Å². The summed E-state index contributed by atoms with van der Waals surface area (Å²) in [5, 5.41) is 12.0. The van der Waals surface area contributed by atoms with Crippen LogP contribution in [0.5, 0.6) is 0 Å². The first-order valence-electron chi connectivity index (χ1n) is 6.20. The Morgan fingerprint density at radius 2 is 2.00 bits per heavy atom. The van der Waals surface area contributed by atoms with Gasteiger partial charge in [0.25, 0.3) is 0 Å². The molecule has 0 amide bonds. The van der Waals surface area contributed by atoms with Crippen molar-refractivity contribution in [3.8, 4) is 0 Å². The van der Waals surface area contributed by atoms with E-state index in [4.69, 9.17) is 5.11 Å². The maximum atomic E-state index is 10.6. The van der Waals surface area contributed by atoms with Gasteiger partial charge in [-0.05, 0) is 11.1 Å². The fourth-order valence-corrected chi connectivity index (χ4v) is 1.81. The molecule has 0 fully saturated rings. The Bertz CT molecular complexity index is 506. The number of nitrogens with one attached hydrogen (secondary N) is 1. The topological polar surface area (TPSA) is 67.2 Å². The monoisotopic (exact) mass is 259 g/mol. The Labute approximate surface area is 111 Å². The molecule has 0 saturated heterocycles. The summed E-state index contributed by atoms with van der Waals surface area (Å²) in [6.07, 6.45) is 5.57. The van der Waals surface area contributed by atoms with Crippen molar-refractivity contribution < 1.29 is 9.90 Å². The van der Waals surface area contributed by atoms with Crippen LogP contribution in [-0.2, 0) is 24.3 Å². The number of benzene rings is 1. The van der Waals surface area contributed by atoms with Crippen molar-refractivity contribution in [1.29, 1.82) is 0 Å². The third-order valence-corrected chi connectivity index (χ3v) is 2.81. The van der Waals surface area contributed by atoms with Crippen LogP contribution >= 0.6 is 0 Å². The average Bonchev–Trinajstić information content (AvgIpc) is 2.89. The summed E-state index contributed by atoms with van der Waals surface area (Å²) in [6.45, 7) is 2.53. The van der Waals surface area contributed by atoms with E-state index >= 15 is 0 Å². The summed E-state index contributed by atoms with van der Waals surface area (Å²) in [5.41, 5.74) is 1.98. The highest BCUT2D eigenvalue weighted by Crippen LogP contribution is 2.05. The summed E-state index contributed by atoms with van der Waals surface area (Å²) < 4.78 is 2.02. The number of nitrogens with zero attached hydrogens (tertiary/aromatic N) is 2. The third kappa shape index (κ3) is 4.56. The van der Waals surface area contributed by atoms with Crippen LogP contribution in [0.15, 0.2) is 43.0 Å². The van der Waals surface area contributed by atoms with Crippen molar-refractivity contribution in [1.82, 2.24) is 14.9 Å². The second-order valence-electron chi connectivity index (χ2n) is 4.36. The molecule has 2 rings (SSSR count). The molecule has 0 bridgehead atoms. The Hall–Kier alpha value is -2.14. The number of aliphatic carboxylic acids is 1. The Kier molecular flexibility index (Phi) is 4.69. The third-order valence-electron chi connectivity index (χ3n) is 2.81. The standard InChI is InChI=1S/C14H17N3O2/c18-14(19)9-12-1-3-13(4-2-12)10-15-5-7-17-8-6-16-11-17/h1-4,6,8,11,15H,5,7,9-10H2,(H,18,19). The number of hydrogen-bond acceptors (Lipinski definition) is 3. The second-order valence-corrected chi connectivity index (χ2v) is 4.36. The molecule has 19 heavy (non-hydrogen) atoms.